The lowest BCUT2D eigenvalue weighted by atomic mass is 9.86. The van der Waals surface area contributed by atoms with Gasteiger partial charge in [0.25, 0.3) is 0 Å². The second kappa shape index (κ2) is 5.54. The molecular weight excluding hydrogens is 248 g/mol. The van der Waals surface area contributed by atoms with Crippen LogP contribution in [0.5, 0.6) is 5.75 Å². The van der Waals surface area contributed by atoms with Crippen LogP contribution in [-0.4, -0.2) is 23.2 Å². The van der Waals surface area contributed by atoms with Gasteiger partial charge in [-0.25, -0.2) is 0 Å². The normalized spacial score (nSPS) is 18.2. The number of rotatable bonds is 3. The summed E-state index contributed by atoms with van der Waals surface area (Å²) in [7, 11) is 0. The summed E-state index contributed by atoms with van der Waals surface area (Å²) in [5, 5.41) is 21.1. The molecule has 0 spiro atoms. The number of phenolic OH excluding ortho intramolecular Hbond substituents is 1. The lowest BCUT2D eigenvalue weighted by Gasteiger charge is -2.28. The molecule has 1 heterocycles. The van der Waals surface area contributed by atoms with E-state index in [0.29, 0.717) is 24.3 Å². The van der Waals surface area contributed by atoms with E-state index < -0.39 is 11.0 Å². The van der Waals surface area contributed by atoms with Crippen LogP contribution in [0.2, 0.25) is 0 Å². The second-order valence-electron chi connectivity index (χ2n) is 4.90. The summed E-state index contributed by atoms with van der Waals surface area (Å²) in [5.74, 6) is -0.119. The molecule has 104 valence electrons. The van der Waals surface area contributed by atoms with Crippen LogP contribution in [0.4, 0.5) is 5.69 Å². The van der Waals surface area contributed by atoms with E-state index in [1.165, 1.54) is 0 Å². The van der Waals surface area contributed by atoms with E-state index in [0.717, 1.165) is 12.8 Å². The van der Waals surface area contributed by atoms with Crippen molar-refractivity contribution in [3.8, 4) is 5.75 Å². The lowest BCUT2D eigenvalue weighted by Crippen LogP contribution is -2.27. The number of phenols is 1. The first-order valence-corrected chi connectivity index (χ1v) is 6.32. The molecule has 0 unspecified atom stereocenters. The molecular formula is C13H18N2O4. The summed E-state index contributed by atoms with van der Waals surface area (Å²) in [6.07, 6.45) is 1.62. The Bertz CT molecular complexity index is 484. The SMILES string of the molecule is Cc1ccc([C@H](N)C2CCOCC2)c(O)c1[N+](=O)[O-]. The smallest absolute Gasteiger partial charge is 0.313 e. The van der Waals surface area contributed by atoms with Crippen LogP contribution < -0.4 is 5.73 Å². The van der Waals surface area contributed by atoms with Crippen LogP contribution in [-0.2, 0) is 4.74 Å². The average Bonchev–Trinajstić information content (AvgIpc) is 2.39. The second-order valence-corrected chi connectivity index (χ2v) is 4.90. The molecule has 1 fully saturated rings. The maximum absolute atomic E-state index is 11.0. The Kier molecular flexibility index (Phi) is 4.01. The summed E-state index contributed by atoms with van der Waals surface area (Å²) in [5.41, 5.74) is 6.79. The maximum atomic E-state index is 11.0. The zero-order valence-electron chi connectivity index (χ0n) is 10.8. The van der Waals surface area contributed by atoms with E-state index in [4.69, 9.17) is 10.5 Å². The van der Waals surface area contributed by atoms with Crippen molar-refractivity contribution in [3.63, 3.8) is 0 Å². The largest absolute Gasteiger partial charge is 0.502 e. The Labute approximate surface area is 111 Å². The van der Waals surface area contributed by atoms with Gasteiger partial charge < -0.3 is 15.6 Å². The first kappa shape index (κ1) is 13.8. The van der Waals surface area contributed by atoms with Crippen LogP contribution in [0.25, 0.3) is 0 Å². The quantitative estimate of drug-likeness (QED) is 0.644. The van der Waals surface area contributed by atoms with Gasteiger partial charge in [0, 0.05) is 30.4 Å². The molecule has 2 rings (SSSR count). The number of ether oxygens (including phenoxy) is 1. The van der Waals surface area contributed by atoms with Crippen LogP contribution in [0.1, 0.15) is 30.0 Å². The monoisotopic (exact) mass is 266 g/mol. The Balaban J connectivity index is 2.34. The van der Waals surface area contributed by atoms with Crippen molar-refractivity contribution in [1.82, 2.24) is 0 Å². The molecule has 1 aromatic rings. The van der Waals surface area contributed by atoms with Gasteiger partial charge >= 0.3 is 5.69 Å². The van der Waals surface area contributed by atoms with Gasteiger partial charge in [-0.15, -0.1) is 0 Å². The van der Waals surface area contributed by atoms with Crippen LogP contribution >= 0.6 is 0 Å². The van der Waals surface area contributed by atoms with Crippen LogP contribution in [0, 0.1) is 23.0 Å². The van der Waals surface area contributed by atoms with E-state index in [2.05, 4.69) is 0 Å². The molecule has 6 heteroatoms. The summed E-state index contributed by atoms with van der Waals surface area (Å²) >= 11 is 0. The topological polar surface area (TPSA) is 98.6 Å². The molecule has 0 bridgehead atoms. The van der Waals surface area contributed by atoms with Gasteiger partial charge in [-0.2, -0.15) is 0 Å². The third-order valence-corrected chi connectivity index (χ3v) is 3.70. The number of nitrogens with zero attached hydrogens (tertiary/aromatic N) is 1. The number of nitro groups is 1. The molecule has 0 aliphatic carbocycles. The summed E-state index contributed by atoms with van der Waals surface area (Å²) < 4.78 is 5.27. The van der Waals surface area contributed by atoms with Crippen molar-refractivity contribution >= 4 is 5.69 Å². The van der Waals surface area contributed by atoms with Crippen LogP contribution in [0.3, 0.4) is 0 Å². The van der Waals surface area contributed by atoms with Crippen molar-refractivity contribution in [2.24, 2.45) is 11.7 Å². The molecule has 1 aliphatic heterocycles. The number of benzene rings is 1. The molecule has 1 aliphatic rings. The Morgan fingerprint density at radius 3 is 2.68 bits per heavy atom. The maximum Gasteiger partial charge on any atom is 0.313 e. The number of aromatic hydroxyl groups is 1. The Morgan fingerprint density at radius 1 is 1.47 bits per heavy atom. The van der Waals surface area contributed by atoms with Gasteiger partial charge in [0.2, 0.25) is 0 Å². The molecule has 6 nitrogen and oxygen atoms in total. The predicted molar refractivity (Wildman–Crippen MR) is 70.0 cm³/mol. The van der Waals surface area contributed by atoms with Crippen LogP contribution in [0.15, 0.2) is 12.1 Å². The first-order valence-electron chi connectivity index (χ1n) is 6.32. The molecule has 0 radical (unpaired) electrons. The molecule has 1 aromatic carbocycles. The average molecular weight is 266 g/mol. The minimum absolute atomic E-state index is 0.182. The Hall–Kier alpha value is -1.66. The van der Waals surface area contributed by atoms with E-state index in [1.54, 1.807) is 19.1 Å². The molecule has 19 heavy (non-hydrogen) atoms. The molecule has 0 saturated carbocycles. The highest BCUT2D eigenvalue weighted by molar-refractivity contribution is 5.56. The van der Waals surface area contributed by atoms with Gasteiger partial charge in [0.05, 0.1) is 4.92 Å². The molecule has 1 saturated heterocycles. The molecule has 0 amide bonds. The predicted octanol–water partition coefficient (Wildman–Crippen LogP) is 2.04. The van der Waals surface area contributed by atoms with Gasteiger partial charge in [-0.05, 0) is 25.7 Å². The summed E-state index contributed by atoms with van der Waals surface area (Å²) in [6, 6.07) is 2.91. The zero-order chi connectivity index (χ0) is 14.0. The number of nitro benzene ring substituents is 1. The van der Waals surface area contributed by atoms with E-state index in [-0.39, 0.29) is 17.4 Å². The highest BCUT2D eigenvalue weighted by Gasteiger charge is 2.28. The minimum Gasteiger partial charge on any atom is -0.502 e. The van der Waals surface area contributed by atoms with E-state index >= 15 is 0 Å². The summed E-state index contributed by atoms with van der Waals surface area (Å²) in [6.45, 7) is 2.89. The molecule has 3 N–H and O–H groups in total. The highest BCUT2D eigenvalue weighted by atomic mass is 16.6. The zero-order valence-corrected chi connectivity index (χ0v) is 10.8. The molecule has 0 aromatic heterocycles. The van der Waals surface area contributed by atoms with Crippen molar-refractivity contribution in [3.05, 3.63) is 33.4 Å². The number of nitrogens with two attached hydrogens (primary N) is 1. The number of aryl methyl sites for hydroxylation is 1. The van der Waals surface area contributed by atoms with E-state index in [9.17, 15) is 15.2 Å². The van der Waals surface area contributed by atoms with E-state index in [1.807, 2.05) is 0 Å². The van der Waals surface area contributed by atoms with Crippen molar-refractivity contribution in [2.75, 3.05) is 13.2 Å². The van der Waals surface area contributed by atoms with Crippen molar-refractivity contribution in [1.29, 1.82) is 0 Å². The van der Waals surface area contributed by atoms with Gasteiger partial charge in [-0.3, -0.25) is 10.1 Å². The van der Waals surface area contributed by atoms with Gasteiger partial charge in [0.1, 0.15) is 0 Å². The third kappa shape index (κ3) is 2.69. The van der Waals surface area contributed by atoms with Gasteiger partial charge in [-0.1, -0.05) is 12.1 Å². The molecule has 1 atom stereocenters. The summed E-state index contributed by atoms with van der Waals surface area (Å²) in [4.78, 5) is 10.4. The lowest BCUT2D eigenvalue weighted by molar-refractivity contribution is -0.386. The first-order chi connectivity index (χ1) is 9.02. The Morgan fingerprint density at radius 2 is 2.11 bits per heavy atom. The fraction of sp³-hybridized carbons (Fsp3) is 0.538. The van der Waals surface area contributed by atoms with Crippen molar-refractivity contribution in [2.45, 2.75) is 25.8 Å². The number of hydrogen-bond donors (Lipinski definition) is 2. The van der Waals surface area contributed by atoms with Crippen molar-refractivity contribution < 1.29 is 14.8 Å². The fourth-order valence-electron chi connectivity index (χ4n) is 2.52. The standard InChI is InChI=1S/C13H18N2O4/c1-8-2-3-10(13(16)12(8)15(17)18)11(14)9-4-6-19-7-5-9/h2-3,9,11,16H,4-7,14H2,1H3/t11-/m1/s1. The van der Waals surface area contributed by atoms with Gasteiger partial charge in [0.15, 0.2) is 5.75 Å². The highest BCUT2D eigenvalue weighted by Crippen LogP contribution is 2.39. The fourth-order valence-corrected chi connectivity index (χ4v) is 2.52. The minimum atomic E-state index is -0.565. The third-order valence-electron chi connectivity index (χ3n) is 3.70. The number of hydrogen-bond acceptors (Lipinski definition) is 5.